The molecule has 0 radical (unpaired) electrons. The second-order valence-corrected chi connectivity index (χ2v) is 11.2. The van der Waals surface area contributed by atoms with Crippen molar-refractivity contribution in [3.8, 4) is 0 Å². The fourth-order valence-electron chi connectivity index (χ4n) is 6.82. The number of amides is 1. The lowest BCUT2D eigenvalue weighted by Gasteiger charge is -2.55. The number of aromatic nitrogens is 3. The number of hydrogen-bond donors (Lipinski definition) is 1. The lowest BCUT2D eigenvalue weighted by molar-refractivity contribution is -0.384. The number of nitro benzene ring substituents is 1. The highest BCUT2D eigenvalue weighted by atomic mass is 32.1. The molecule has 0 atom stereocenters. The first-order valence-corrected chi connectivity index (χ1v) is 12.6. The number of nitro groups is 1. The number of oxazole rings is 1. The summed E-state index contributed by atoms with van der Waals surface area (Å²) in [7, 11) is 0. The molecule has 2 heterocycles. The number of carbonyl (C=O) groups is 1. The molecule has 4 bridgehead atoms. The second kappa shape index (κ2) is 8.00. The number of anilines is 1. The maximum Gasteiger partial charge on any atom is 0.419 e. The van der Waals surface area contributed by atoms with E-state index in [2.05, 4.69) is 15.5 Å². The minimum absolute atomic E-state index is 0.141. The molecule has 10 nitrogen and oxygen atoms in total. The highest BCUT2D eigenvalue weighted by Gasteiger charge is 2.53. The molecule has 0 spiro atoms. The van der Waals surface area contributed by atoms with Gasteiger partial charge in [-0.15, -0.1) is 10.2 Å². The van der Waals surface area contributed by atoms with Crippen molar-refractivity contribution in [2.45, 2.75) is 63.3 Å². The van der Waals surface area contributed by atoms with Gasteiger partial charge in [-0.1, -0.05) is 11.3 Å². The van der Waals surface area contributed by atoms with Gasteiger partial charge >= 0.3 is 5.76 Å². The molecule has 4 aliphatic carbocycles. The Bertz CT molecular complexity index is 1310. The molecule has 1 amide bonds. The molecule has 4 saturated carbocycles. The summed E-state index contributed by atoms with van der Waals surface area (Å²) in [5.74, 6) is 1.69. The molecule has 0 saturated heterocycles. The van der Waals surface area contributed by atoms with Crippen molar-refractivity contribution in [1.29, 1.82) is 0 Å². The van der Waals surface area contributed by atoms with Gasteiger partial charge in [0.05, 0.1) is 16.5 Å². The highest BCUT2D eigenvalue weighted by Crippen LogP contribution is 2.61. The molecule has 2 aromatic heterocycles. The summed E-state index contributed by atoms with van der Waals surface area (Å²) in [5, 5.41) is 24.2. The van der Waals surface area contributed by atoms with Crippen LogP contribution in [0.25, 0.3) is 11.1 Å². The van der Waals surface area contributed by atoms with Gasteiger partial charge in [0.1, 0.15) is 5.01 Å². The largest absolute Gasteiger partial charge is 0.419 e. The van der Waals surface area contributed by atoms with Gasteiger partial charge in [-0.05, 0) is 68.8 Å². The first-order valence-electron chi connectivity index (χ1n) is 11.8. The van der Waals surface area contributed by atoms with Gasteiger partial charge in [0, 0.05) is 24.4 Å². The molecule has 7 rings (SSSR count). The van der Waals surface area contributed by atoms with Crippen molar-refractivity contribution in [1.82, 2.24) is 14.8 Å². The smallest absolute Gasteiger partial charge is 0.407 e. The van der Waals surface area contributed by atoms with Crippen molar-refractivity contribution in [2.75, 3.05) is 5.32 Å². The van der Waals surface area contributed by atoms with Crippen LogP contribution in [0.4, 0.5) is 10.8 Å². The number of aryl methyl sites for hydroxylation is 1. The Morgan fingerprint density at radius 1 is 1.21 bits per heavy atom. The first-order chi connectivity index (χ1) is 16.4. The van der Waals surface area contributed by atoms with E-state index >= 15 is 0 Å². The summed E-state index contributed by atoms with van der Waals surface area (Å²) < 4.78 is 6.52. The average molecular weight is 484 g/mol. The monoisotopic (exact) mass is 483 g/mol. The molecule has 34 heavy (non-hydrogen) atoms. The minimum Gasteiger partial charge on any atom is -0.407 e. The van der Waals surface area contributed by atoms with Gasteiger partial charge in [-0.3, -0.25) is 19.5 Å². The average Bonchev–Trinajstić information content (AvgIpc) is 3.37. The van der Waals surface area contributed by atoms with Crippen LogP contribution in [0.1, 0.15) is 56.4 Å². The van der Waals surface area contributed by atoms with Gasteiger partial charge in [0.2, 0.25) is 11.0 Å². The highest BCUT2D eigenvalue weighted by molar-refractivity contribution is 7.15. The molecule has 178 valence electrons. The van der Waals surface area contributed by atoms with E-state index in [1.54, 1.807) is 0 Å². The van der Waals surface area contributed by atoms with E-state index in [1.165, 1.54) is 72.6 Å². The van der Waals surface area contributed by atoms with E-state index in [0.29, 0.717) is 17.1 Å². The Balaban J connectivity index is 1.07. The van der Waals surface area contributed by atoms with Crippen LogP contribution in [0.5, 0.6) is 0 Å². The van der Waals surface area contributed by atoms with Crippen molar-refractivity contribution < 1.29 is 14.1 Å². The van der Waals surface area contributed by atoms with Crippen LogP contribution in [-0.4, -0.2) is 25.6 Å². The van der Waals surface area contributed by atoms with E-state index < -0.39 is 10.7 Å². The Morgan fingerprint density at radius 2 is 1.91 bits per heavy atom. The zero-order chi connectivity index (χ0) is 23.4. The molecule has 1 aromatic carbocycles. The van der Waals surface area contributed by atoms with Crippen molar-refractivity contribution >= 4 is 39.2 Å². The third-order valence-corrected chi connectivity index (χ3v) is 8.90. The van der Waals surface area contributed by atoms with Crippen LogP contribution in [0, 0.1) is 27.9 Å². The third kappa shape index (κ3) is 3.71. The van der Waals surface area contributed by atoms with Crippen LogP contribution in [0.3, 0.4) is 0 Å². The zero-order valence-corrected chi connectivity index (χ0v) is 19.4. The summed E-state index contributed by atoms with van der Waals surface area (Å²) in [6.07, 6.45) is 8.35. The lowest BCUT2D eigenvalue weighted by atomic mass is 9.50. The minimum atomic E-state index is -0.597. The SMILES string of the molecule is O=C(CCCn1c(=O)oc2cc([N+](=O)[O-])ccc21)Nc1nnc(C23CC4CC(CC(C4)C2)C3)s1. The standard InChI is InChI=1S/C23H25N5O5S/c29-19(2-1-5-27-17-4-3-16(28(31)32)9-18(17)33-22(27)30)24-21-26-25-20(34-21)23-10-13-6-14(11-23)8-15(7-13)12-23/h3-4,9,13-15H,1-2,5-8,10-12H2,(H,24,26,29). The maximum atomic E-state index is 12.5. The Kier molecular flexibility index (Phi) is 5.05. The van der Waals surface area contributed by atoms with Crippen LogP contribution in [0.15, 0.2) is 27.4 Å². The zero-order valence-electron chi connectivity index (χ0n) is 18.6. The second-order valence-electron chi connectivity index (χ2n) is 10.2. The number of nitrogens with one attached hydrogen (secondary N) is 1. The molecule has 0 unspecified atom stereocenters. The molecular weight excluding hydrogens is 458 g/mol. The summed E-state index contributed by atoms with van der Waals surface area (Å²) in [4.78, 5) is 35.1. The molecule has 4 fully saturated rings. The Morgan fingerprint density at radius 3 is 2.59 bits per heavy atom. The van der Waals surface area contributed by atoms with E-state index in [9.17, 15) is 19.7 Å². The fourth-order valence-corrected chi connectivity index (χ4v) is 7.80. The number of non-ortho nitro benzene ring substituents is 1. The predicted octanol–water partition coefficient (Wildman–Crippen LogP) is 4.24. The summed E-state index contributed by atoms with van der Waals surface area (Å²) in [6.45, 7) is 0.270. The van der Waals surface area contributed by atoms with Gasteiger partial charge in [-0.2, -0.15) is 0 Å². The van der Waals surface area contributed by atoms with Crippen molar-refractivity contribution in [3.63, 3.8) is 0 Å². The normalized spacial score (nSPS) is 27.4. The number of fused-ring (bicyclic) bond motifs is 1. The molecule has 11 heteroatoms. The van der Waals surface area contributed by atoms with Crippen LogP contribution in [-0.2, 0) is 16.8 Å². The van der Waals surface area contributed by atoms with E-state index in [4.69, 9.17) is 4.42 Å². The number of hydrogen-bond acceptors (Lipinski definition) is 8. The van der Waals surface area contributed by atoms with Gasteiger partial charge in [0.15, 0.2) is 5.58 Å². The lowest BCUT2D eigenvalue weighted by Crippen LogP contribution is -2.48. The molecular formula is C23H25N5O5S. The Labute approximate surface area is 198 Å². The van der Waals surface area contributed by atoms with Crippen molar-refractivity contribution in [3.05, 3.63) is 43.9 Å². The van der Waals surface area contributed by atoms with Crippen LogP contribution < -0.4 is 11.1 Å². The first kappa shape index (κ1) is 21.5. The summed E-state index contributed by atoms with van der Waals surface area (Å²) >= 11 is 1.51. The number of nitrogens with zero attached hydrogens (tertiary/aromatic N) is 4. The van der Waals surface area contributed by atoms with Gasteiger partial charge in [0.25, 0.3) is 5.69 Å². The van der Waals surface area contributed by atoms with Gasteiger partial charge < -0.3 is 9.73 Å². The molecule has 0 aliphatic heterocycles. The van der Waals surface area contributed by atoms with Gasteiger partial charge in [-0.25, -0.2) is 4.79 Å². The number of rotatable bonds is 7. The van der Waals surface area contributed by atoms with E-state index in [-0.39, 0.29) is 35.6 Å². The van der Waals surface area contributed by atoms with E-state index in [1.807, 2.05) is 0 Å². The third-order valence-electron chi connectivity index (χ3n) is 7.81. The van der Waals surface area contributed by atoms with E-state index in [0.717, 1.165) is 22.8 Å². The topological polar surface area (TPSA) is 133 Å². The molecule has 1 N–H and O–H groups in total. The van der Waals surface area contributed by atoms with Crippen molar-refractivity contribution in [2.24, 2.45) is 17.8 Å². The summed E-state index contributed by atoms with van der Waals surface area (Å²) in [5.41, 5.74) is 0.654. The number of carbonyl (C=O) groups excluding carboxylic acids is 1. The fraction of sp³-hybridized carbons (Fsp3) is 0.565. The van der Waals surface area contributed by atoms with Crippen LogP contribution in [0.2, 0.25) is 0 Å². The Hall–Kier alpha value is -3.08. The molecule has 4 aliphatic rings. The summed E-state index contributed by atoms with van der Waals surface area (Å²) in [6, 6.07) is 4.06. The quantitative estimate of drug-likeness (QED) is 0.392. The molecule has 3 aromatic rings. The maximum absolute atomic E-state index is 12.5. The number of benzene rings is 1. The van der Waals surface area contributed by atoms with Crippen LogP contribution >= 0.6 is 11.3 Å². The predicted molar refractivity (Wildman–Crippen MR) is 125 cm³/mol.